The highest BCUT2D eigenvalue weighted by atomic mass is 32.2. The maximum atomic E-state index is 8.98. The molecule has 7 nitrogen and oxygen atoms in total. The van der Waals surface area contributed by atoms with Crippen molar-refractivity contribution in [3.05, 3.63) is 48.2 Å². The third-order valence-corrected chi connectivity index (χ3v) is 3.51. The molecule has 3 rings (SSSR count). The number of ether oxygens (including phenoxy) is 1. The highest BCUT2D eigenvalue weighted by Crippen LogP contribution is 2.25. The number of nitrogens with zero attached hydrogens (tertiary/aromatic N) is 5. The number of nitriles is 1. The Labute approximate surface area is 136 Å². The fourth-order valence-corrected chi connectivity index (χ4v) is 2.25. The zero-order valence-corrected chi connectivity index (χ0v) is 13.0. The van der Waals surface area contributed by atoms with Crippen LogP contribution >= 0.6 is 11.8 Å². The molecule has 0 radical (unpaired) electrons. The predicted octanol–water partition coefficient (Wildman–Crippen LogP) is 2.63. The molecular weight excluding hydrogens is 312 g/mol. The summed E-state index contributed by atoms with van der Waals surface area (Å²) in [5, 5.41) is 13.6. The molecule has 1 aromatic carbocycles. The Morgan fingerprint density at radius 3 is 2.70 bits per heavy atom. The zero-order chi connectivity index (χ0) is 16.2. The number of nitrogens with two attached hydrogens (primary N) is 1. The summed E-state index contributed by atoms with van der Waals surface area (Å²) in [5.41, 5.74) is 6.20. The van der Waals surface area contributed by atoms with E-state index in [-0.39, 0.29) is 5.82 Å². The third kappa shape index (κ3) is 3.09. The second-order valence-corrected chi connectivity index (χ2v) is 5.21. The van der Waals surface area contributed by atoms with E-state index in [1.807, 2.05) is 42.7 Å². The van der Waals surface area contributed by atoms with Crippen LogP contribution in [0.1, 0.15) is 5.56 Å². The number of para-hydroxylation sites is 1. The van der Waals surface area contributed by atoms with Crippen molar-refractivity contribution in [3.63, 3.8) is 0 Å². The Morgan fingerprint density at radius 1 is 1.26 bits per heavy atom. The van der Waals surface area contributed by atoms with Gasteiger partial charge in [-0.2, -0.15) is 20.0 Å². The Morgan fingerprint density at radius 2 is 2.04 bits per heavy atom. The van der Waals surface area contributed by atoms with Gasteiger partial charge in [0.15, 0.2) is 11.0 Å². The first kappa shape index (κ1) is 14.9. The van der Waals surface area contributed by atoms with Crippen LogP contribution in [0, 0.1) is 11.3 Å². The smallest absolute Gasteiger partial charge is 0.225 e. The largest absolute Gasteiger partial charge is 0.439 e. The predicted molar refractivity (Wildman–Crippen MR) is 86.6 cm³/mol. The average molecular weight is 324 g/mol. The lowest BCUT2D eigenvalue weighted by Crippen LogP contribution is -2.06. The van der Waals surface area contributed by atoms with Gasteiger partial charge in [-0.05, 0) is 18.4 Å². The van der Waals surface area contributed by atoms with E-state index in [1.54, 1.807) is 6.07 Å². The first-order chi connectivity index (χ1) is 11.2. The van der Waals surface area contributed by atoms with E-state index in [0.29, 0.717) is 28.2 Å². The maximum absolute atomic E-state index is 8.98. The summed E-state index contributed by atoms with van der Waals surface area (Å²) in [6.07, 6.45) is 3.26. The number of aromatic nitrogens is 4. The standard InChI is InChI=1S/C15H12N6OS/c1-23-15-19-12(21-14(17)10(8-16)9-18-21)7-13(20-15)22-11-5-3-2-4-6-11/h2-7,9H,17H2,1H3. The Kier molecular flexibility index (Phi) is 4.12. The first-order valence-electron chi connectivity index (χ1n) is 6.61. The van der Waals surface area contributed by atoms with Crippen molar-refractivity contribution in [1.29, 1.82) is 5.26 Å². The molecule has 0 saturated heterocycles. The lowest BCUT2D eigenvalue weighted by atomic mass is 10.3. The molecule has 2 N–H and O–H groups in total. The molecule has 8 heteroatoms. The van der Waals surface area contributed by atoms with Gasteiger partial charge in [0, 0.05) is 6.07 Å². The lowest BCUT2D eigenvalue weighted by Gasteiger charge is -2.09. The summed E-state index contributed by atoms with van der Waals surface area (Å²) < 4.78 is 7.13. The van der Waals surface area contributed by atoms with Crippen molar-refractivity contribution in [1.82, 2.24) is 19.7 Å². The SMILES string of the molecule is CSc1nc(Oc2ccccc2)cc(-n2ncc(C#N)c2N)n1. The minimum atomic E-state index is 0.226. The number of anilines is 1. The molecule has 0 unspecified atom stereocenters. The van der Waals surface area contributed by atoms with Crippen LogP contribution in [-0.2, 0) is 0 Å². The van der Waals surface area contributed by atoms with Gasteiger partial charge in [0.05, 0.1) is 6.20 Å². The highest BCUT2D eigenvalue weighted by molar-refractivity contribution is 7.98. The van der Waals surface area contributed by atoms with Gasteiger partial charge < -0.3 is 10.5 Å². The van der Waals surface area contributed by atoms with E-state index < -0.39 is 0 Å². The van der Waals surface area contributed by atoms with E-state index in [0.717, 1.165) is 0 Å². The molecule has 0 fully saturated rings. The normalized spacial score (nSPS) is 10.3. The van der Waals surface area contributed by atoms with Gasteiger partial charge in [-0.25, -0.2) is 4.98 Å². The first-order valence-corrected chi connectivity index (χ1v) is 7.83. The van der Waals surface area contributed by atoms with E-state index in [2.05, 4.69) is 15.1 Å². The van der Waals surface area contributed by atoms with E-state index in [1.165, 1.54) is 22.6 Å². The van der Waals surface area contributed by atoms with E-state index in [9.17, 15) is 0 Å². The lowest BCUT2D eigenvalue weighted by molar-refractivity contribution is 0.454. The van der Waals surface area contributed by atoms with Crippen LogP contribution in [0.3, 0.4) is 0 Å². The molecular formula is C15H12N6OS. The Balaban J connectivity index is 2.02. The van der Waals surface area contributed by atoms with E-state index in [4.69, 9.17) is 15.7 Å². The fraction of sp³-hybridized carbons (Fsp3) is 0.0667. The summed E-state index contributed by atoms with van der Waals surface area (Å²) in [6.45, 7) is 0. The second kappa shape index (κ2) is 6.37. The van der Waals surface area contributed by atoms with Crippen molar-refractivity contribution >= 4 is 17.6 Å². The second-order valence-electron chi connectivity index (χ2n) is 4.43. The summed E-state index contributed by atoms with van der Waals surface area (Å²) in [7, 11) is 0. The molecule has 0 atom stereocenters. The minimum Gasteiger partial charge on any atom is -0.439 e. The number of hydrogen-bond donors (Lipinski definition) is 1. The highest BCUT2D eigenvalue weighted by Gasteiger charge is 2.13. The molecule has 0 saturated carbocycles. The van der Waals surface area contributed by atoms with Gasteiger partial charge in [-0.3, -0.25) is 0 Å². The molecule has 3 aromatic rings. The van der Waals surface area contributed by atoms with Gasteiger partial charge >= 0.3 is 0 Å². The van der Waals surface area contributed by atoms with E-state index >= 15 is 0 Å². The molecule has 0 bridgehead atoms. The number of benzene rings is 1. The molecule has 0 amide bonds. The molecule has 2 heterocycles. The van der Waals surface area contributed by atoms with Crippen LogP contribution in [0.5, 0.6) is 11.6 Å². The van der Waals surface area contributed by atoms with Crippen LogP contribution in [0.15, 0.2) is 47.8 Å². The van der Waals surface area contributed by atoms with Gasteiger partial charge in [0.1, 0.15) is 23.2 Å². The van der Waals surface area contributed by atoms with Crippen LogP contribution in [0.2, 0.25) is 0 Å². The van der Waals surface area contributed by atoms with Crippen molar-refractivity contribution in [2.24, 2.45) is 0 Å². The van der Waals surface area contributed by atoms with Gasteiger partial charge in [0.25, 0.3) is 0 Å². The molecule has 0 aliphatic rings. The summed E-state index contributed by atoms with van der Waals surface area (Å²) in [5.74, 6) is 1.70. The molecule has 114 valence electrons. The number of rotatable bonds is 4. The number of nitrogen functional groups attached to an aromatic ring is 1. The third-order valence-electron chi connectivity index (χ3n) is 2.96. The minimum absolute atomic E-state index is 0.226. The quantitative estimate of drug-likeness (QED) is 0.581. The zero-order valence-electron chi connectivity index (χ0n) is 12.2. The van der Waals surface area contributed by atoms with Crippen molar-refractivity contribution in [2.75, 3.05) is 12.0 Å². The fourth-order valence-electron chi connectivity index (χ4n) is 1.88. The monoisotopic (exact) mass is 324 g/mol. The average Bonchev–Trinajstić information content (AvgIpc) is 2.96. The molecule has 0 spiro atoms. The van der Waals surface area contributed by atoms with Crippen LogP contribution < -0.4 is 10.5 Å². The van der Waals surface area contributed by atoms with Gasteiger partial charge in [-0.1, -0.05) is 30.0 Å². The van der Waals surface area contributed by atoms with Crippen molar-refractivity contribution < 1.29 is 4.74 Å². The summed E-state index contributed by atoms with van der Waals surface area (Å²) in [4.78, 5) is 8.67. The topological polar surface area (TPSA) is 103 Å². The number of thioether (sulfide) groups is 1. The van der Waals surface area contributed by atoms with Crippen LogP contribution in [0.25, 0.3) is 5.82 Å². The van der Waals surface area contributed by atoms with Crippen LogP contribution in [-0.4, -0.2) is 26.0 Å². The summed E-state index contributed by atoms with van der Waals surface area (Å²) >= 11 is 1.37. The molecule has 2 aromatic heterocycles. The number of hydrogen-bond acceptors (Lipinski definition) is 7. The molecule has 0 aliphatic carbocycles. The summed E-state index contributed by atoms with van der Waals surface area (Å²) in [6, 6.07) is 12.9. The van der Waals surface area contributed by atoms with Crippen molar-refractivity contribution in [3.8, 4) is 23.5 Å². The maximum Gasteiger partial charge on any atom is 0.225 e. The van der Waals surface area contributed by atoms with Crippen LogP contribution in [0.4, 0.5) is 5.82 Å². The Hall–Kier alpha value is -3.05. The molecule has 0 aliphatic heterocycles. The Bertz CT molecular complexity index is 871. The van der Waals surface area contributed by atoms with Gasteiger partial charge in [0.2, 0.25) is 5.88 Å². The van der Waals surface area contributed by atoms with Crippen molar-refractivity contribution in [2.45, 2.75) is 5.16 Å². The van der Waals surface area contributed by atoms with Gasteiger partial charge in [-0.15, -0.1) is 0 Å². The molecule has 23 heavy (non-hydrogen) atoms.